The molecule has 4 rings (SSSR count). The van der Waals surface area contributed by atoms with Gasteiger partial charge in [-0.3, -0.25) is 0 Å². The number of ether oxygens (including phenoxy) is 3. The van der Waals surface area contributed by atoms with E-state index < -0.39 is 0 Å². The zero-order chi connectivity index (χ0) is 26.9. The van der Waals surface area contributed by atoms with Crippen LogP contribution in [0.4, 0.5) is 0 Å². The first-order valence-corrected chi connectivity index (χ1v) is 13.3. The Labute approximate surface area is 228 Å². The molecule has 0 saturated heterocycles. The van der Waals surface area contributed by atoms with Crippen molar-refractivity contribution in [3.05, 3.63) is 82.7 Å². The van der Waals surface area contributed by atoms with Gasteiger partial charge in [0.2, 0.25) is 0 Å². The summed E-state index contributed by atoms with van der Waals surface area (Å²) >= 11 is 1.74. The normalized spacial score (nSPS) is 12.1. The summed E-state index contributed by atoms with van der Waals surface area (Å²) < 4.78 is 18.3. The fourth-order valence-electron chi connectivity index (χ4n) is 4.25. The first kappa shape index (κ1) is 27.1. The number of fused-ring (bicyclic) bond motifs is 1. The summed E-state index contributed by atoms with van der Waals surface area (Å²) in [5.74, 6) is 13.4. The lowest BCUT2D eigenvalue weighted by atomic mass is 9.95. The molecule has 0 radical (unpaired) electrons. The highest BCUT2D eigenvalue weighted by molar-refractivity contribution is 7.17. The van der Waals surface area contributed by atoms with E-state index in [4.69, 9.17) is 25.8 Å². The van der Waals surface area contributed by atoms with Gasteiger partial charge in [0, 0.05) is 29.2 Å². The van der Waals surface area contributed by atoms with E-state index in [9.17, 15) is 0 Å². The van der Waals surface area contributed by atoms with Crippen LogP contribution in [0.15, 0.2) is 71.1 Å². The smallest absolute Gasteiger partial charge is 0.120 e. The molecule has 3 aromatic carbocycles. The summed E-state index contributed by atoms with van der Waals surface area (Å²) in [6.07, 6.45) is 0.488. The maximum absolute atomic E-state index is 6.12. The van der Waals surface area contributed by atoms with E-state index in [0.29, 0.717) is 32.1 Å². The highest BCUT2D eigenvalue weighted by Gasteiger charge is 2.13. The Bertz CT molecular complexity index is 1470. The van der Waals surface area contributed by atoms with Crippen molar-refractivity contribution in [3.63, 3.8) is 0 Å². The molecule has 0 spiro atoms. The Balaban J connectivity index is 1.50. The van der Waals surface area contributed by atoms with Crippen LogP contribution in [0.25, 0.3) is 21.2 Å². The number of hydrogen-bond donors (Lipinski definition) is 2. The van der Waals surface area contributed by atoms with Gasteiger partial charge < -0.3 is 25.8 Å². The Hall–Kier alpha value is -3.99. The monoisotopic (exact) mass is 527 g/mol. The zero-order valence-corrected chi connectivity index (χ0v) is 22.8. The third kappa shape index (κ3) is 6.65. The van der Waals surface area contributed by atoms with E-state index in [1.165, 1.54) is 26.8 Å². The molecule has 0 bridgehead atoms. The van der Waals surface area contributed by atoms with Crippen LogP contribution in [0.1, 0.15) is 36.0 Å². The number of hydrazone groups is 1. The minimum Gasteiger partial charge on any atom is -0.491 e. The SMILES string of the molecule is CC#CC(C/C(N)=N/N)c1ccc(OCc2ccc3scc(-c4cc(OCCOC)ccc4C)c3c2)cc1. The molecular formula is C31H33N3O3S. The van der Waals surface area contributed by atoms with Crippen molar-refractivity contribution < 1.29 is 14.2 Å². The second-order valence-corrected chi connectivity index (χ2v) is 9.84. The predicted molar refractivity (Wildman–Crippen MR) is 157 cm³/mol. The average Bonchev–Trinajstić information content (AvgIpc) is 3.36. The van der Waals surface area contributed by atoms with E-state index in [1.807, 2.05) is 37.3 Å². The fourth-order valence-corrected chi connectivity index (χ4v) is 5.19. The van der Waals surface area contributed by atoms with Crippen LogP contribution in [-0.4, -0.2) is 26.2 Å². The summed E-state index contributed by atoms with van der Waals surface area (Å²) in [7, 11) is 1.67. The molecule has 38 heavy (non-hydrogen) atoms. The molecule has 7 heteroatoms. The predicted octanol–water partition coefficient (Wildman–Crippen LogP) is 6.21. The second kappa shape index (κ2) is 13.0. The maximum atomic E-state index is 6.12. The number of nitrogens with two attached hydrogens (primary N) is 2. The molecule has 0 fully saturated rings. The van der Waals surface area contributed by atoms with Crippen molar-refractivity contribution in [2.45, 2.75) is 32.8 Å². The molecular weight excluding hydrogens is 494 g/mol. The number of aryl methyl sites for hydroxylation is 1. The van der Waals surface area contributed by atoms with Crippen LogP contribution in [0.3, 0.4) is 0 Å². The molecule has 196 valence electrons. The van der Waals surface area contributed by atoms with Gasteiger partial charge in [0.05, 0.1) is 12.5 Å². The van der Waals surface area contributed by atoms with Crippen LogP contribution in [0.2, 0.25) is 0 Å². The Morgan fingerprint density at radius 2 is 1.76 bits per heavy atom. The number of thiophene rings is 1. The molecule has 0 aliphatic rings. The van der Waals surface area contributed by atoms with Crippen LogP contribution < -0.4 is 21.1 Å². The van der Waals surface area contributed by atoms with Gasteiger partial charge in [-0.25, -0.2) is 0 Å². The highest BCUT2D eigenvalue weighted by atomic mass is 32.1. The van der Waals surface area contributed by atoms with Gasteiger partial charge >= 0.3 is 0 Å². The minimum atomic E-state index is -0.0619. The molecule has 4 aromatic rings. The molecule has 1 heterocycles. The summed E-state index contributed by atoms with van der Waals surface area (Å²) in [6.45, 7) is 5.48. The molecule has 0 aliphatic heterocycles. The molecule has 1 unspecified atom stereocenters. The van der Waals surface area contributed by atoms with E-state index >= 15 is 0 Å². The summed E-state index contributed by atoms with van der Waals surface area (Å²) in [5.41, 5.74) is 11.6. The topological polar surface area (TPSA) is 92.1 Å². The largest absolute Gasteiger partial charge is 0.491 e. The molecule has 1 atom stereocenters. The van der Waals surface area contributed by atoms with Gasteiger partial charge in [0.1, 0.15) is 30.5 Å². The summed E-state index contributed by atoms with van der Waals surface area (Å²) in [5, 5.41) is 7.00. The van der Waals surface area contributed by atoms with Gasteiger partial charge in [-0.05, 0) is 77.9 Å². The first-order valence-electron chi connectivity index (χ1n) is 12.4. The van der Waals surface area contributed by atoms with Gasteiger partial charge in [-0.1, -0.05) is 30.2 Å². The third-order valence-electron chi connectivity index (χ3n) is 6.28. The van der Waals surface area contributed by atoms with E-state index in [1.54, 1.807) is 18.4 Å². The number of methoxy groups -OCH3 is 1. The van der Waals surface area contributed by atoms with Gasteiger partial charge in [0.25, 0.3) is 0 Å². The summed E-state index contributed by atoms with van der Waals surface area (Å²) in [4.78, 5) is 0. The molecule has 0 saturated carbocycles. The average molecular weight is 528 g/mol. The highest BCUT2D eigenvalue weighted by Crippen LogP contribution is 2.38. The first-order chi connectivity index (χ1) is 18.5. The van der Waals surface area contributed by atoms with Crippen molar-refractivity contribution >= 4 is 27.3 Å². The fraction of sp³-hybridized carbons (Fsp3) is 0.258. The van der Waals surface area contributed by atoms with E-state index in [2.05, 4.69) is 59.6 Å². The minimum absolute atomic E-state index is 0.0619. The van der Waals surface area contributed by atoms with Crippen molar-refractivity contribution in [1.82, 2.24) is 0 Å². The second-order valence-electron chi connectivity index (χ2n) is 8.93. The van der Waals surface area contributed by atoms with Crippen molar-refractivity contribution in [3.8, 4) is 34.5 Å². The van der Waals surface area contributed by atoms with Gasteiger partial charge in [0.15, 0.2) is 0 Å². The van der Waals surface area contributed by atoms with E-state index in [-0.39, 0.29) is 5.92 Å². The lowest BCUT2D eigenvalue weighted by molar-refractivity contribution is 0.146. The molecule has 0 aliphatic carbocycles. The zero-order valence-electron chi connectivity index (χ0n) is 22.0. The molecule has 6 nitrogen and oxygen atoms in total. The van der Waals surface area contributed by atoms with Crippen LogP contribution in [0, 0.1) is 18.8 Å². The number of rotatable bonds is 11. The quantitative estimate of drug-likeness (QED) is 0.0604. The molecule has 1 aromatic heterocycles. The lowest BCUT2D eigenvalue weighted by Gasteiger charge is -2.12. The third-order valence-corrected chi connectivity index (χ3v) is 7.24. The number of amidine groups is 1. The summed E-state index contributed by atoms with van der Waals surface area (Å²) in [6, 6.07) is 20.7. The Morgan fingerprint density at radius 3 is 2.50 bits per heavy atom. The maximum Gasteiger partial charge on any atom is 0.120 e. The van der Waals surface area contributed by atoms with Crippen LogP contribution >= 0.6 is 11.3 Å². The van der Waals surface area contributed by atoms with Crippen molar-refractivity contribution in [1.29, 1.82) is 0 Å². The molecule has 4 N–H and O–H groups in total. The van der Waals surface area contributed by atoms with E-state index in [0.717, 1.165) is 22.6 Å². The number of benzene rings is 3. The lowest BCUT2D eigenvalue weighted by Crippen LogP contribution is -2.17. The van der Waals surface area contributed by atoms with Crippen LogP contribution in [0.5, 0.6) is 11.5 Å². The Morgan fingerprint density at radius 1 is 0.974 bits per heavy atom. The number of hydrogen-bond acceptors (Lipinski definition) is 6. The standard InChI is InChI=1S/C31H33N3O3S/c1-4-5-24(17-31(32)34-33)23-8-11-25(12-9-23)37-19-22-7-13-30-28(16-22)29(20-38-30)27-18-26(10-6-21(27)2)36-15-14-35-3/h6-13,16,18,20,24H,14-15,17,19,33H2,1-3H3,(H2,32,34). The van der Waals surface area contributed by atoms with Crippen molar-refractivity contribution in [2.24, 2.45) is 16.7 Å². The van der Waals surface area contributed by atoms with Crippen molar-refractivity contribution in [2.75, 3.05) is 20.3 Å². The number of nitrogens with zero attached hydrogens (tertiary/aromatic N) is 1. The van der Waals surface area contributed by atoms with Gasteiger partial charge in [-0.2, -0.15) is 5.10 Å². The van der Waals surface area contributed by atoms with Gasteiger partial charge in [-0.15, -0.1) is 17.3 Å². The van der Waals surface area contributed by atoms with Crippen LogP contribution in [-0.2, 0) is 11.3 Å². The molecule has 0 amide bonds. The Kier molecular flexibility index (Phi) is 9.26.